The molecule has 0 atom stereocenters. The van der Waals surface area contributed by atoms with Crippen LogP contribution in [0.4, 0.5) is 19.0 Å². The summed E-state index contributed by atoms with van der Waals surface area (Å²) in [6.07, 6.45) is -3.07. The summed E-state index contributed by atoms with van der Waals surface area (Å²) in [5.41, 5.74) is -0.873. The summed E-state index contributed by atoms with van der Waals surface area (Å²) in [4.78, 5) is 5.43. The number of halogens is 3. The van der Waals surface area contributed by atoms with E-state index in [2.05, 4.69) is 11.1 Å². The molecule has 1 aliphatic heterocycles. The van der Waals surface area contributed by atoms with Crippen molar-refractivity contribution in [2.75, 3.05) is 18.0 Å². The van der Waals surface area contributed by atoms with Crippen molar-refractivity contribution >= 4 is 5.82 Å². The molecule has 0 saturated carbocycles. The summed E-state index contributed by atoms with van der Waals surface area (Å²) < 4.78 is 37.6. The van der Waals surface area contributed by atoms with Crippen LogP contribution in [0.5, 0.6) is 0 Å². The predicted molar refractivity (Wildman–Crippen MR) is 59.8 cm³/mol. The number of aromatic nitrogens is 1. The Kier molecular flexibility index (Phi) is 3.41. The molecule has 0 N–H and O–H groups in total. The van der Waals surface area contributed by atoms with Crippen molar-refractivity contribution in [3.05, 3.63) is 23.9 Å². The number of anilines is 1. The standard InChI is InChI=1S/C12H12F3N3/c13-12(14,15)10-2-1-3-11(17-10)18-6-4-9(8-16)5-7-18/h1-3,9H,4-7H2. The molecule has 0 aromatic carbocycles. The molecular formula is C12H12F3N3. The van der Waals surface area contributed by atoms with E-state index < -0.39 is 11.9 Å². The first-order chi connectivity index (χ1) is 8.50. The highest BCUT2D eigenvalue weighted by molar-refractivity contribution is 5.40. The number of pyridine rings is 1. The van der Waals surface area contributed by atoms with Gasteiger partial charge in [0, 0.05) is 19.0 Å². The molecule has 0 bridgehead atoms. The second-order valence-corrected chi connectivity index (χ2v) is 4.27. The van der Waals surface area contributed by atoms with E-state index in [4.69, 9.17) is 5.26 Å². The highest BCUT2D eigenvalue weighted by Crippen LogP contribution is 2.29. The number of nitriles is 1. The average Bonchev–Trinajstić information content (AvgIpc) is 2.38. The maximum absolute atomic E-state index is 12.5. The fourth-order valence-electron chi connectivity index (χ4n) is 1.99. The molecule has 1 fully saturated rings. The largest absolute Gasteiger partial charge is 0.433 e. The van der Waals surface area contributed by atoms with Crippen molar-refractivity contribution in [2.24, 2.45) is 5.92 Å². The van der Waals surface area contributed by atoms with E-state index in [1.54, 1.807) is 11.0 Å². The average molecular weight is 255 g/mol. The van der Waals surface area contributed by atoms with Crippen LogP contribution in [0, 0.1) is 17.2 Å². The van der Waals surface area contributed by atoms with Gasteiger partial charge in [0.15, 0.2) is 0 Å². The molecule has 0 radical (unpaired) electrons. The fourth-order valence-corrected chi connectivity index (χ4v) is 1.99. The highest BCUT2D eigenvalue weighted by atomic mass is 19.4. The summed E-state index contributed by atoms with van der Waals surface area (Å²) >= 11 is 0. The molecule has 2 heterocycles. The summed E-state index contributed by atoms with van der Waals surface area (Å²) in [5.74, 6) is 0.341. The van der Waals surface area contributed by atoms with E-state index >= 15 is 0 Å². The number of hydrogen-bond donors (Lipinski definition) is 0. The molecule has 96 valence electrons. The first-order valence-electron chi connectivity index (χ1n) is 5.69. The van der Waals surface area contributed by atoms with Gasteiger partial charge in [0.25, 0.3) is 0 Å². The van der Waals surface area contributed by atoms with Crippen LogP contribution in [-0.2, 0) is 6.18 Å². The molecule has 6 heteroatoms. The number of nitrogens with zero attached hydrogens (tertiary/aromatic N) is 3. The van der Waals surface area contributed by atoms with E-state index in [-0.39, 0.29) is 5.92 Å². The Hall–Kier alpha value is -1.77. The predicted octanol–water partition coefficient (Wildman–Crippen LogP) is 2.84. The Morgan fingerprint density at radius 1 is 1.28 bits per heavy atom. The first-order valence-corrected chi connectivity index (χ1v) is 5.69. The molecule has 1 aliphatic rings. The van der Waals surface area contributed by atoms with Crippen molar-refractivity contribution in [2.45, 2.75) is 19.0 Å². The number of hydrogen-bond acceptors (Lipinski definition) is 3. The van der Waals surface area contributed by atoms with E-state index in [0.29, 0.717) is 31.7 Å². The van der Waals surface area contributed by atoms with E-state index in [0.717, 1.165) is 6.07 Å². The molecule has 18 heavy (non-hydrogen) atoms. The van der Waals surface area contributed by atoms with Gasteiger partial charge in [-0.3, -0.25) is 0 Å². The zero-order valence-corrected chi connectivity index (χ0v) is 9.61. The van der Waals surface area contributed by atoms with Gasteiger partial charge in [-0.2, -0.15) is 18.4 Å². The quantitative estimate of drug-likeness (QED) is 0.774. The fraction of sp³-hybridized carbons (Fsp3) is 0.500. The number of rotatable bonds is 1. The van der Waals surface area contributed by atoms with E-state index in [1.165, 1.54) is 6.07 Å². The molecule has 0 unspecified atom stereocenters. The Morgan fingerprint density at radius 2 is 1.94 bits per heavy atom. The summed E-state index contributed by atoms with van der Waals surface area (Å²) in [6, 6.07) is 6.08. The normalized spacial score (nSPS) is 17.6. The molecule has 1 aromatic rings. The molecule has 0 amide bonds. The summed E-state index contributed by atoms with van der Waals surface area (Å²) in [7, 11) is 0. The third-order valence-electron chi connectivity index (χ3n) is 3.03. The van der Waals surface area contributed by atoms with Gasteiger partial charge < -0.3 is 4.90 Å². The Labute approximate surface area is 103 Å². The van der Waals surface area contributed by atoms with Crippen LogP contribution in [0.25, 0.3) is 0 Å². The van der Waals surface area contributed by atoms with Gasteiger partial charge in [-0.1, -0.05) is 6.07 Å². The minimum absolute atomic E-state index is 0.00653. The molecule has 1 aromatic heterocycles. The molecule has 1 saturated heterocycles. The van der Waals surface area contributed by atoms with Gasteiger partial charge in [0.1, 0.15) is 11.5 Å². The Morgan fingerprint density at radius 3 is 2.50 bits per heavy atom. The van der Waals surface area contributed by atoms with Crippen LogP contribution in [0.1, 0.15) is 18.5 Å². The SMILES string of the molecule is N#CC1CCN(c2cccc(C(F)(F)F)n2)CC1. The maximum atomic E-state index is 12.5. The summed E-state index contributed by atoms with van der Waals surface area (Å²) in [6.45, 7) is 1.15. The monoisotopic (exact) mass is 255 g/mol. The molecule has 2 rings (SSSR count). The molecule has 3 nitrogen and oxygen atoms in total. The molecule has 0 aliphatic carbocycles. The van der Waals surface area contributed by atoms with Gasteiger partial charge in [-0.15, -0.1) is 0 Å². The van der Waals surface area contributed by atoms with Crippen LogP contribution < -0.4 is 4.90 Å². The van der Waals surface area contributed by atoms with Crippen LogP contribution >= 0.6 is 0 Å². The van der Waals surface area contributed by atoms with Crippen molar-refractivity contribution < 1.29 is 13.2 Å². The molecular weight excluding hydrogens is 243 g/mol. The van der Waals surface area contributed by atoms with Crippen molar-refractivity contribution in [3.63, 3.8) is 0 Å². The van der Waals surface area contributed by atoms with E-state index in [9.17, 15) is 13.2 Å². The second kappa shape index (κ2) is 4.84. The third-order valence-corrected chi connectivity index (χ3v) is 3.03. The summed E-state index contributed by atoms with van der Waals surface area (Å²) in [5, 5.41) is 8.77. The van der Waals surface area contributed by atoms with E-state index in [1.807, 2.05) is 0 Å². The van der Waals surface area contributed by atoms with Crippen LogP contribution in [0.15, 0.2) is 18.2 Å². The second-order valence-electron chi connectivity index (χ2n) is 4.27. The lowest BCUT2D eigenvalue weighted by Gasteiger charge is -2.30. The highest BCUT2D eigenvalue weighted by Gasteiger charge is 2.33. The lowest BCUT2D eigenvalue weighted by atomic mass is 9.99. The van der Waals surface area contributed by atoms with Gasteiger partial charge in [-0.05, 0) is 25.0 Å². The lowest BCUT2D eigenvalue weighted by Crippen LogP contribution is -2.34. The first kappa shape index (κ1) is 12.7. The number of piperidine rings is 1. The van der Waals surface area contributed by atoms with Crippen LogP contribution in [-0.4, -0.2) is 18.1 Å². The van der Waals surface area contributed by atoms with Gasteiger partial charge >= 0.3 is 6.18 Å². The number of alkyl halides is 3. The minimum Gasteiger partial charge on any atom is -0.357 e. The zero-order chi connectivity index (χ0) is 13.2. The van der Waals surface area contributed by atoms with Gasteiger partial charge in [0.2, 0.25) is 0 Å². The minimum atomic E-state index is -4.42. The van der Waals surface area contributed by atoms with Gasteiger partial charge in [-0.25, -0.2) is 4.98 Å². The third kappa shape index (κ3) is 2.73. The van der Waals surface area contributed by atoms with Crippen LogP contribution in [0.2, 0.25) is 0 Å². The van der Waals surface area contributed by atoms with Gasteiger partial charge in [0.05, 0.1) is 6.07 Å². The lowest BCUT2D eigenvalue weighted by molar-refractivity contribution is -0.141. The Balaban J connectivity index is 2.13. The van der Waals surface area contributed by atoms with Crippen molar-refractivity contribution in [1.29, 1.82) is 5.26 Å². The Bertz CT molecular complexity index is 456. The maximum Gasteiger partial charge on any atom is 0.433 e. The zero-order valence-electron chi connectivity index (χ0n) is 9.61. The van der Waals surface area contributed by atoms with Crippen LogP contribution in [0.3, 0.4) is 0 Å². The smallest absolute Gasteiger partial charge is 0.357 e. The van der Waals surface area contributed by atoms with Crippen molar-refractivity contribution in [1.82, 2.24) is 4.98 Å². The van der Waals surface area contributed by atoms with Crippen molar-refractivity contribution in [3.8, 4) is 6.07 Å². The topological polar surface area (TPSA) is 39.9 Å². The molecule has 0 spiro atoms.